The molecular weight excluding hydrogens is 391 g/mol. The SMILES string of the molecule is CCCCCCn1nc(C(=O)Nc2ccc(F)c([N+](=O)[O-])c2)c2ccccc2c1=O. The Balaban J connectivity index is 1.97. The van der Waals surface area contributed by atoms with E-state index in [1.54, 1.807) is 24.3 Å². The van der Waals surface area contributed by atoms with Crippen LogP contribution in [0.3, 0.4) is 0 Å². The van der Waals surface area contributed by atoms with E-state index in [-0.39, 0.29) is 16.9 Å². The van der Waals surface area contributed by atoms with Gasteiger partial charge in [0.2, 0.25) is 5.82 Å². The number of unbranched alkanes of at least 4 members (excludes halogenated alkanes) is 3. The number of hydrogen-bond donors (Lipinski definition) is 1. The Kier molecular flexibility index (Phi) is 6.51. The summed E-state index contributed by atoms with van der Waals surface area (Å²) in [6.45, 7) is 2.47. The van der Waals surface area contributed by atoms with Gasteiger partial charge in [-0.3, -0.25) is 19.7 Å². The van der Waals surface area contributed by atoms with Crippen molar-refractivity contribution < 1.29 is 14.1 Å². The van der Waals surface area contributed by atoms with Crippen molar-refractivity contribution in [2.24, 2.45) is 0 Å². The number of aryl methyl sites for hydroxylation is 1. The number of carbonyl (C=O) groups excluding carboxylic acids is 1. The summed E-state index contributed by atoms with van der Waals surface area (Å²) in [6, 6.07) is 9.71. The molecule has 0 spiro atoms. The third-order valence-corrected chi connectivity index (χ3v) is 4.71. The molecule has 0 bridgehead atoms. The van der Waals surface area contributed by atoms with Gasteiger partial charge in [0.1, 0.15) is 0 Å². The number of nitro benzene ring substituents is 1. The first-order chi connectivity index (χ1) is 14.4. The average molecular weight is 412 g/mol. The molecule has 0 saturated carbocycles. The molecule has 0 radical (unpaired) electrons. The monoisotopic (exact) mass is 412 g/mol. The number of aromatic nitrogens is 2. The van der Waals surface area contributed by atoms with Crippen molar-refractivity contribution >= 4 is 28.1 Å². The van der Waals surface area contributed by atoms with Gasteiger partial charge in [-0.05, 0) is 24.6 Å². The minimum atomic E-state index is -0.998. The van der Waals surface area contributed by atoms with Gasteiger partial charge in [-0.15, -0.1) is 0 Å². The maximum Gasteiger partial charge on any atom is 0.306 e. The number of amides is 1. The van der Waals surface area contributed by atoms with Gasteiger partial charge in [-0.1, -0.05) is 44.4 Å². The summed E-state index contributed by atoms with van der Waals surface area (Å²) < 4.78 is 14.8. The van der Waals surface area contributed by atoms with Crippen LogP contribution in [0, 0.1) is 15.9 Å². The third kappa shape index (κ3) is 4.51. The van der Waals surface area contributed by atoms with Crippen LogP contribution < -0.4 is 10.9 Å². The molecule has 1 heterocycles. The highest BCUT2D eigenvalue weighted by Gasteiger charge is 2.19. The largest absolute Gasteiger partial charge is 0.320 e. The summed E-state index contributed by atoms with van der Waals surface area (Å²) in [5, 5.41) is 18.4. The van der Waals surface area contributed by atoms with Crippen LogP contribution in [-0.4, -0.2) is 20.6 Å². The van der Waals surface area contributed by atoms with E-state index in [1.165, 1.54) is 10.7 Å². The summed E-state index contributed by atoms with van der Waals surface area (Å²) in [5.41, 5.74) is -0.949. The van der Waals surface area contributed by atoms with Crippen LogP contribution in [0.5, 0.6) is 0 Å². The molecule has 2 aromatic carbocycles. The topological polar surface area (TPSA) is 107 Å². The van der Waals surface area contributed by atoms with Gasteiger partial charge in [-0.2, -0.15) is 9.49 Å². The molecule has 0 fully saturated rings. The summed E-state index contributed by atoms with van der Waals surface area (Å²) in [5.74, 6) is -1.64. The van der Waals surface area contributed by atoms with E-state index in [2.05, 4.69) is 17.3 Å². The normalized spacial score (nSPS) is 10.9. The molecule has 1 aromatic heterocycles. The smallest absolute Gasteiger partial charge is 0.306 e. The van der Waals surface area contributed by atoms with Crippen LogP contribution in [0.25, 0.3) is 10.8 Å². The molecule has 1 amide bonds. The fraction of sp³-hybridized carbons (Fsp3) is 0.286. The van der Waals surface area contributed by atoms with Gasteiger partial charge < -0.3 is 5.32 Å². The molecule has 1 N–H and O–H groups in total. The number of rotatable bonds is 8. The van der Waals surface area contributed by atoms with E-state index in [9.17, 15) is 24.1 Å². The lowest BCUT2D eigenvalue weighted by atomic mass is 10.1. The number of anilines is 1. The fourth-order valence-corrected chi connectivity index (χ4v) is 3.16. The van der Waals surface area contributed by atoms with Crippen molar-refractivity contribution in [1.29, 1.82) is 0 Å². The minimum Gasteiger partial charge on any atom is -0.320 e. The van der Waals surface area contributed by atoms with Crippen LogP contribution in [0.15, 0.2) is 47.3 Å². The van der Waals surface area contributed by atoms with Gasteiger partial charge in [-0.25, -0.2) is 4.68 Å². The predicted octanol–water partition coefficient (Wildman–Crippen LogP) is 4.28. The van der Waals surface area contributed by atoms with Crippen molar-refractivity contribution in [2.75, 3.05) is 5.32 Å². The van der Waals surface area contributed by atoms with E-state index in [4.69, 9.17) is 0 Å². The van der Waals surface area contributed by atoms with Crippen molar-refractivity contribution in [3.05, 3.63) is 74.4 Å². The molecule has 8 nitrogen and oxygen atoms in total. The van der Waals surface area contributed by atoms with Crippen LogP contribution in [-0.2, 0) is 6.54 Å². The number of benzene rings is 2. The predicted molar refractivity (Wildman–Crippen MR) is 111 cm³/mol. The Hall–Kier alpha value is -3.62. The molecule has 0 unspecified atom stereocenters. The van der Waals surface area contributed by atoms with Gasteiger partial charge in [0, 0.05) is 23.7 Å². The van der Waals surface area contributed by atoms with E-state index in [0.717, 1.165) is 37.8 Å². The number of nitrogens with one attached hydrogen (secondary N) is 1. The first kappa shape index (κ1) is 21.1. The molecule has 30 heavy (non-hydrogen) atoms. The van der Waals surface area contributed by atoms with Crippen LogP contribution in [0.4, 0.5) is 15.8 Å². The number of carbonyl (C=O) groups is 1. The standard InChI is InChI=1S/C21H21FN4O4/c1-2-3-4-7-12-25-21(28)16-9-6-5-8-15(16)19(24-25)20(27)23-14-10-11-17(22)18(13-14)26(29)30/h5-6,8-11,13H,2-4,7,12H2,1H3,(H,23,27). The lowest BCUT2D eigenvalue weighted by Crippen LogP contribution is -2.27. The van der Waals surface area contributed by atoms with Gasteiger partial charge in [0.25, 0.3) is 11.5 Å². The summed E-state index contributed by atoms with van der Waals surface area (Å²) in [7, 11) is 0. The first-order valence-electron chi connectivity index (χ1n) is 9.67. The zero-order chi connectivity index (χ0) is 21.7. The Morgan fingerprint density at radius 2 is 1.90 bits per heavy atom. The second kappa shape index (κ2) is 9.25. The number of hydrogen-bond acceptors (Lipinski definition) is 5. The lowest BCUT2D eigenvalue weighted by Gasteiger charge is -2.11. The van der Waals surface area contributed by atoms with Crippen LogP contribution in [0.1, 0.15) is 43.1 Å². The molecule has 0 saturated heterocycles. The van der Waals surface area contributed by atoms with Crippen molar-refractivity contribution in [3.63, 3.8) is 0 Å². The van der Waals surface area contributed by atoms with Gasteiger partial charge >= 0.3 is 5.69 Å². The second-order valence-corrected chi connectivity index (χ2v) is 6.86. The number of fused-ring (bicyclic) bond motifs is 1. The van der Waals surface area contributed by atoms with Crippen molar-refractivity contribution in [1.82, 2.24) is 9.78 Å². The van der Waals surface area contributed by atoms with Crippen LogP contribution in [0.2, 0.25) is 0 Å². The van der Waals surface area contributed by atoms with Crippen molar-refractivity contribution in [2.45, 2.75) is 39.2 Å². The van der Waals surface area contributed by atoms with Crippen LogP contribution >= 0.6 is 0 Å². The molecule has 0 aliphatic carbocycles. The highest BCUT2D eigenvalue weighted by molar-refractivity contribution is 6.11. The molecule has 156 valence electrons. The molecule has 0 aliphatic rings. The van der Waals surface area contributed by atoms with Gasteiger partial charge in [0.05, 0.1) is 10.3 Å². The quantitative estimate of drug-likeness (QED) is 0.338. The van der Waals surface area contributed by atoms with E-state index in [0.29, 0.717) is 17.3 Å². The Morgan fingerprint density at radius 1 is 1.17 bits per heavy atom. The zero-order valence-corrected chi connectivity index (χ0v) is 16.4. The fourth-order valence-electron chi connectivity index (χ4n) is 3.16. The lowest BCUT2D eigenvalue weighted by molar-refractivity contribution is -0.387. The molecule has 0 atom stereocenters. The van der Waals surface area contributed by atoms with E-state index in [1.807, 2.05) is 0 Å². The molecular formula is C21H21FN4O4. The Labute approximate surface area is 171 Å². The minimum absolute atomic E-state index is 0.0210. The highest BCUT2D eigenvalue weighted by Crippen LogP contribution is 2.23. The molecule has 3 rings (SSSR count). The molecule has 3 aromatic rings. The second-order valence-electron chi connectivity index (χ2n) is 6.86. The van der Waals surface area contributed by atoms with E-state index >= 15 is 0 Å². The van der Waals surface area contributed by atoms with E-state index < -0.39 is 22.3 Å². The Morgan fingerprint density at radius 3 is 2.60 bits per heavy atom. The highest BCUT2D eigenvalue weighted by atomic mass is 19.1. The third-order valence-electron chi connectivity index (χ3n) is 4.71. The number of nitrogens with zero attached hydrogens (tertiary/aromatic N) is 3. The zero-order valence-electron chi connectivity index (χ0n) is 16.4. The number of nitro groups is 1. The Bertz CT molecular complexity index is 1160. The summed E-state index contributed by atoms with van der Waals surface area (Å²) in [6.07, 6.45) is 3.79. The maximum absolute atomic E-state index is 13.6. The van der Waals surface area contributed by atoms with Crippen molar-refractivity contribution in [3.8, 4) is 0 Å². The van der Waals surface area contributed by atoms with Gasteiger partial charge in [0.15, 0.2) is 5.69 Å². The average Bonchev–Trinajstić information content (AvgIpc) is 2.73. The summed E-state index contributed by atoms with van der Waals surface area (Å²) >= 11 is 0. The number of halogens is 1. The first-order valence-corrected chi connectivity index (χ1v) is 9.67. The molecule has 9 heteroatoms. The summed E-state index contributed by atoms with van der Waals surface area (Å²) in [4.78, 5) is 35.7. The maximum atomic E-state index is 13.6. The molecule has 0 aliphatic heterocycles.